The first-order chi connectivity index (χ1) is 15.5. The molecule has 1 heterocycles. The van der Waals surface area contributed by atoms with Gasteiger partial charge in [0.2, 0.25) is 0 Å². The summed E-state index contributed by atoms with van der Waals surface area (Å²) in [6.07, 6.45) is 4.48. The molecular weight excluding hydrogens is 409 g/mol. The zero-order chi connectivity index (χ0) is 22.5. The number of aliphatic carboxylic acids is 1. The average Bonchev–Trinajstić information content (AvgIpc) is 3.18. The highest BCUT2D eigenvalue weighted by Crippen LogP contribution is 2.37. The maximum atomic E-state index is 13.2. The molecule has 1 aliphatic rings. The van der Waals surface area contributed by atoms with Gasteiger partial charge in [-0.1, -0.05) is 6.07 Å². The zero-order valence-corrected chi connectivity index (χ0v) is 18.0. The Morgan fingerprint density at radius 2 is 2.03 bits per heavy atom. The van der Waals surface area contributed by atoms with Gasteiger partial charge in [-0.15, -0.1) is 0 Å². The Kier molecular flexibility index (Phi) is 6.63. The number of aromatic nitrogens is 2. The summed E-state index contributed by atoms with van der Waals surface area (Å²) in [7, 11) is 1.97. The minimum atomic E-state index is -0.749. The van der Waals surface area contributed by atoms with Gasteiger partial charge in [0.1, 0.15) is 17.4 Å². The maximum absolute atomic E-state index is 13.2. The fourth-order valence-corrected chi connectivity index (χ4v) is 4.10. The van der Waals surface area contributed by atoms with Crippen molar-refractivity contribution in [3.8, 4) is 17.1 Å². The van der Waals surface area contributed by atoms with Gasteiger partial charge in [0, 0.05) is 25.4 Å². The van der Waals surface area contributed by atoms with Crippen molar-refractivity contribution in [1.29, 1.82) is 0 Å². The molecule has 0 radical (unpaired) electrons. The summed E-state index contributed by atoms with van der Waals surface area (Å²) in [5, 5.41) is 9.06. The molecule has 0 aliphatic heterocycles. The van der Waals surface area contributed by atoms with Crippen molar-refractivity contribution in [2.45, 2.75) is 31.6 Å². The SMILES string of the molecule is CN(CCCOc1ccc2c(c1)CC[C@H]2CC(=O)O)c1ccnc(-c2ccc(F)cc2)n1. The van der Waals surface area contributed by atoms with Crippen molar-refractivity contribution >= 4 is 11.8 Å². The van der Waals surface area contributed by atoms with E-state index < -0.39 is 5.97 Å². The van der Waals surface area contributed by atoms with Crippen molar-refractivity contribution in [3.05, 3.63) is 71.7 Å². The lowest BCUT2D eigenvalue weighted by atomic mass is 9.98. The van der Waals surface area contributed by atoms with Gasteiger partial charge >= 0.3 is 5.97 Å². The third-order valence-electron chi connectivity index (χ3n) is 5.78. The minimum absolute atomic E-state index is 0.109. The zero-order valence-electron chi connectivity index (χ0n) is 18.0. The second kappa shape index (κ2) is 9.77. The molecule has 0 saturated carbocycles. The van der Waals surface area contributed by atoms with Gasteiger partial charge in [0.05, 0.1) is 13.0 Å². The second-order valence-electron chi connectivity index (χ2n) is 8.06. The Bertz CT molecular complexity index is 1090. The average molecular weight is 435 g/mol. The Hall–Kier alpha value is -3.48. The summed E-state index contributed by atoms with van der Waals surface area (Å²) in [4.78, 5) is 21.9. The molecule has 0 unspecified atom stereocenters. The summed E-state index contributed by atoms with van der Waals surface area (Å²) >= 11 is 0. The Balaban J connectivity index is 1.29. The first-order valence-electron chi connectivity index (χ1n) is 10.8. The van der Waals surface area contributed by atoms with Gasteiger partial charge in [-0.05, 0) is 78.8 Å². The van der Waals surface area contributed by atoms with Crippen molar-refractivity contribution in [3.63, 3.8) is 0 Å². The third-order valence-corrected chi connectivity index (χ3v) is 5.78. The summed E-state index contributed by atoms with van der Waals surface area (Å²) in [6.45, 7) is 1.32. The highest BCUT2D eigenvalue weighted by atomic mass is 19.1. The lowest BCUT2D eigenvalue weighted by Gasteiger charge is -2.18. The normalized spacial score (nSPS) is 14.8. The van der Waals surface area contributed by atoms with Gasteiger partial charge in [0.15, 0.2) is 5.82 Å². The minimum Gasteiger partial charge on any atom is -0.494 e. The first-order valence-corrected chi connectivity index (χ1v) is 10.8. The second-order valence-corrected chi connectivity index (χ2v) is 8.06. The molecule has 0 spiro atoms. The molecule has 2 aromatic carbocycles. The van der Waals surface area contributed by atoms with Crippen LogP contribution in [-0.4, -0.2) is 41.2 Å². The topological polar surface area (TPSA) is 75.5 Å². The lowest BCUT2D eigenvalue weighted by molar-refractivity contribution is -0.137. The predicted molar refractivity (Wildman–Crippen MR) is 121 cm³/mol. The summed E-state index contributed by atoms with van der Waals surface area (Å²) in [5.41, 5.74) is 3.10. The number of fused-ring (bicyclic) bond motifs is 1. The molecule has 0 saturated heterocycles. The van der Waals surface area contributed by atoms with E-state index in [4.69, 9.17) is 9.84 Å². The molecule has 0 bridgehead atoms. The van der Waals surface area contributed by atoms with Gasteiger partial charge in [-0.3, -0.25) is 4.79 Å². The summed E-state index contributed by atoms with van der Waals surface area (Å²) < 4.78 is 19.1. The number of anilines is 1. The fraction of sp³-hybridized carbons (Fsp3) is 0.320. The highest BCUT2D eigenvalue weighted by molar-refractivity contribution is 5.68. The van der Waals surface area contributed by atoms with Gasteiger partial charge < -0.3 is 14.7 Å². The van der Waals surface area contributed by atoms with Crippen molar-refractivity contribution < 1.29 is 19.0 Å². The molecule has 1 atom stereocenters. The summed E-state index contributed by atoms with van der Waals surface area (Å²) in [5.74, 6) is 1.25. The molecule has 3 aromatic rings. The lowest BCUT2D eigenvalue weighted by Crippen LogP contribution is -2.21. The maximum Gasteiger partial charge on any atom is 0.303 e. The largest absolute Gasteiger partial charge is 0.494 e. The van der Waals surface area contributed by atoms with E-state index in [1.165, 1.54) is 17.7 Å². The van der Waals surface area contributed by atoms with Gasteiger partial charge in [-0.25, -0.2) is 14.4 Å². The molecule has 1 N–H and O–H groups in total. The molecular formula is C25H26FN3O3. The molecule has 0 amide bonds. The number of hydrogen-bond donors (Lipinski definition) is 1. The molecule has 1 aliphatic carbocycles. The smallest absolute Gasteiger partial charge is 0.303 e. The van der Waals surface area contributed by atoms with Crippen LogP contribution in [0.2, 0.25) is 0 Å². The standard InChI is InChI=1S/C25H26FN3O3/c1-29(23-11-12-27-25(28-23)17-5-7-20(26)8-6-17)13-2-14-32-21-9-10-22-18(15-21)3-4-19(22)16-24(30)31/h5-12,15,19H,2-4,13-14,16H2,1H3,(H,30,31)/t19-/m0/s1. The third kappa shape index (κ3) is 5.22. The van der Waals surface area contributed by atoms with Gasteiger partial charge in [0.25, 0.3) is 0 Å². The van der Waals surface area contributed by atoms with Crippen molar-refractivity contribution in [2.75, 3.05) is 25.1 Å². The number of aryl methyl sites for hydroxylation is 1. The van der Waals surface area contributed by atoms with E-state index >= 15 is 0 Å². The van der Waals surface area contributed by atoms with Crippen LogP contribution < -0.4 is 9.64 Å². The van der Waals surface area contributed by atoms with E-state index in [-0.39, 0.29) is 18.2 Å². The van der Waals surface area contributed by atoms with Crippen LogP contribution in [0.3, 0.4) is 0 Å². The number of benzene rings is 2. The van der Waals surface area contributed by atoms with Crippen LogP contribution in [0.1, 0.15) is 36.3 Å². The predicted octanol–water partition coefficient (Wildman–Crippen LogP) is 4.69. The van der Waals surface area contributed by atoms with Crippen LogP contribution in [0.25, 0.3) is 11.4 Å². The molecule has 1 aromatic heterocycles. The number of halogens is 1. The summed E-state index contributed by atoms with van der Waals surface area (Å²) in [6, 6.07) is 14.0. The van der Waals surface area contributed by atoms with Crippen LogP contribution in [-0.2, 0) is 11.2 Å². The number of nitrogens with zero attached hydrogens (tertiary/aromatic N) is 3. The van der Waals surface area contributed by atoms with Crippen LogP contribution >= 0.6 is 0 Å². The number of carboxylic acid groups (broad SMARTS) is 1. The van der Waals surface area contributed by atoms with Gasteiger partial charge in [-0.2, -0.15) is 0 Å². The van der Waals surface area contributed by atoms with E-state index in [0.717, 1.165) is 48.5 Å². The van der Waals surface area contributed by atoms with Crippen molar-refractivity contribution in [2.24, 2.45) is 0 Å². The number of ether oxygens (including phenoxy) is 1. The van der Waals surface area contributed by atoms with E-state index in [1.54, 1.807) is 18.3 Å². The van der Waals surface area contributed by atoms with E-state index in [9.17, 15) is 9.18 Å². The molecule has 166 valence electrons. The van der Waals surface area contributed by atoms with Crippen LogP contribution in [0.4, 0.5) is 10.2 Å². The monoisotopic (exact) mass is 435 g/mol. The van der Waals surface area contributed by atoms with Crippen LogP contribution in [0.15, 0.2) is 54.7 Å². The Morgan fingerprint density at radius 1 is 1.22 bits per heavy atom. The number of carboxylic acids is 1. The van der Waals surface area contributed by atoms with E-state index in [2.05, 4.69) is 9.97 Å². The Morgan fingerprint density at radius 3 is 2.81 bits per heavy atom. The van der Waals surface area contributed by atoms with Crippen molar-refractivity contribution in [1.82, 2.24) is 9.97 Å². The number of hydrogen-bond acceptors (Lipinski definition) is 5. The molecule has 7 heteroatoms. The quantitative estimate of drug-likeness (QED) is 0.492. The first kappa shape index (κ1) is 21.7. The molecule has 6 nitrogen and oxygen atoms in total. The van der Waals surface area contributed by atoms with E-state index in [0.29, 0.717) is 12.4 Å². The fourth-order valence-electron chi connectivity index (χ4n) is 4.10. The molecule has 4 rings (SSSR count). The molecule has 32 heavy (non-hydrogen) atoms. The number of carbonyl (C=O) groups is 1. The Labute approximate surface area is 186 Å². The highest BCUT2D eigenvalue weighted by Gasteiger charge is 2.24. The van der Waals surface area contributed by atoms with E-state index in [1.807, 2.05) is 36.2 Å². The van der Waals surface area contributed by atoms with Crippen LogP contribution in [0, 0.1) is 5.82 Å². The van der Waals surface area contributed by atoms with Crippen LogP contribution in [0.5, 0.6) is 5.75 Å². The molecule has 0 fully saturated rings. The number of rotatable bonds is 9.